The molecular formula is C17H20N2O3S2. The Balaban J connectivity index is 1.98. The van der Waals surface area contributed by atoms with Gasteiger partial charge < -0.3 is 5.32 Å². The van der Waals surface area contributed by atoms with E-state index >= 15 is 0 Å². The molecule has 7 heteroatoms. The number of thioether (sulfide) groups is 1. The molecule has 3 amide bonds. The van der Waals surface area contributed by atoms with Crippen molar-refractivity contribution in [1.29, 1.82) is 0 Å². The molecule has 0 aromatic heterocycles. The molecule has 1 saturated heterocycles. The molecule has 0 atom stereocenters. The van der Waals surface area contributed by atoms with Crippen LogP contribution in [0.2, 0.25) is 0 Å². The van der Waals surface area contributed by atoms with Gasteiger partial charge in [-0.05, 0) is 24.0 Å². The number of rotatable bonds is 5. The van der Waals surface area contributed by atoms with Gasteiger partial charge in [0.2, 0.25) is 17.7 Å². The van der Waals surface area contributed by atoms with Crippen LogP contribution in [0.4, 0.5) is 5.69 Å². The predicted octanol–water partition coefficient (Wildman–Crippen LogP) is 2.92. The number of thiocarbonyl (C=S) groups is 1. The summed E-state index contributed by atoms with van der Waals surface area (Å²) in [4.78, 5) is 36.5. The minimum Gasteiger partial charge on any atom is -0.325 e. The Morgan fingerprint density at radius 3 is 2.21 bits per heavy atom. The van der Waals surface area contributed by atoms with Crippen molar-refractivity contribution in [2.75, 3.05) is 11.1 Å². The van der Waals surface area contributed by atoms with Gasteiger partial charge in [0.1, 0.15) is 4.32 Å². The topological polar surface area (TPSA) is 66.5 Å². The van der Waals surface area contributed by atoms with Crippen molar-refractivity contribution in [1.82, 2.24) is 4.90 Å². The second kappa shape index (κ2) is 8.39. The van der Waals surface area contributed by atoms with E-state index in [0.717, 1.165) is 46.3 Å². The zero-order valence-electron chi connectivity index (χ0n) is 13.8. The maximum Gasteiger partial charge on any atom is 0.235 e. The first-order valence-electron chi connectivity index (χ1n) is 7.91. The highest BCUT2D eigenvalue weighted by atomic mass is 32.2. The van der Waals surface area contributed by atoms with Crippen molar-refractivity contribution in [2.45, 2.75) is 39.5 Å². The third kappa shape index (κ3) is 4.21. The van der Waals surface area contributed by atoms with E-state index in [1.165, 1.54) is 0 Å². The molecule has 128 valence electrons. The molecule has 1 fully saturated rings. The predicted molar refractivity (Wildman–Crippen MR) is 100.0 cm³/mol. The molecule has 0 radical (unpaired) electrons. The van der Waals surface area contributed by atoms with Crippen LogP contribution in [-0.2, 0) is 27.2 Å². The monoisotopic (exact) mass is 364 g/mol. The maximum atomic E-state index is 12.3. The third-order valence-electron chi connectivity index (χ3n) is 3.82. The van der Waals surface area contributed by atoms with Gasteiger partial charge in [0.25, 0.3) is 0 Å². The van der Waals surface area contributed by atoms with Crippen LogP contribution in [0.15, 0.2) is 18.2 Å². The van der Waals surface area contributed by atoms with Crippen LogP contribution in [0.3, 0.4) is 0 Å². The van der Waals surface area contributed by atoms with E-state index in [9.17, 15) is 14.4 Å². The first-order chi connectivity index (χ1) is 11.5. The second-order valence-corrected chi connectivity index (χ2v) is 6.99. The molecule has 2 rings (SSSR count). The number of likely N-dealkylation sites (tertiary alicyclic amines) is 1. The lowest BCUT2D eigenvalue weighted by Crippen LogP contribution is -2.33. The maximum absolute atomic E-state index is 12.3. The molecule has 0 saturated carbocycles. The van der Waals surface area contributed by atoms with Crippen LogP contribution < -0.4 is 5.32 Å². The van der Waals surface area contributed by atoms with E-state index in [1.54, 1.807) is 0 Å². The average Bonchev–Trinajstić information content (AvgIpc) is 2.91. The molecule has 0 unspecified atom stereocenters. The summed E-state index contributed by atoms with van der Waals surface area (Å²) in [7, 11) is 0. The molecule has 1 aliphatic rings. The molecule has 5 nitrogen and oxygen atoms in total. The fraction of sp³-hybridized carbons (Fsp3) is 0.412. The largest absolute Gasteiger partial charge is 0.325 e. The Bertz CT molecular complexity index is 650. The first-order valence-corrected chi connectivity index (χ1v) is 9.30. The number of carbonyl (C=O) groups excluding carboxylic acids is 3. The SMILES string of the molecule is CCc1cccc(CC)c1NC(=O)CSC(=S)N1C(=O)CCC1=O. The van der Waals surface area contributed by atoms with Crippen molar-refractivity contribution in [2.24, 2.45) is 0 Å². The highest BCUT2D eigenvalue weighted by Gasteiger charge is 2.32. The van der Waals surface area contributed by atoms with Crippen molar-refractivity contribution >= 4 is 51.7 Å². The summed E-state index contributed by atoms with van der Waals surface area (Å²) in [5.74, 6) is -0.709. The number of aryl methyl sites for hydroxylation is 2. The number of hydrogen-bond acceptors (Lipinski definition) is 5. The van der Waals surface area contributed by atoms with E-state index in [2.05, 4.69) is 5.32 Å². The zero-order chi connectivity index (χ0) is 17.7. The highest BCUT2D eigenvalue weighted by Crippen LogP contribution is 2.23. The summed E-state index contributed by atoms with van der Waals surface area (Å²) in [6.07, 6.45) is 2.03. The van der Waals surface area contributed by atoms with Gasteiger partial charge in [0, 0.05) is 18.5 Å². The van der Waals surface area contributed by atoms with Crippen LogP contribution in [0, 0.1) is 0 Å². The number of para-hydroxylation sites is 1. The summed E-state index contributed by atoms with van der Waals surface area (Å²) in [5, 5.41) is 2.94. The number of benzene rings is 1. The number of amides is 3. The van der Waals surface area contributed by atoms with Crippen LogP contribution >= 0.6 is 24.0 Å². The molecule has 1 N–H and O–H groups in total. The van der Waals surface area contributed by atoms with Gasteiger partial charge in [-0.15, -0.1) is 0 Å². The summed E-state index contributed by atoms with van der Waals surface area (Å²) in [6, 6.07) is 5.98. The lowest BCUT2D eigenvalue weighted by Gasteiger charge is -2.16. The highest BCUT2D eigenvalue weighted by molar-refractivity contribution is 8.23. The lowest BCUT2D eigenvalue weighted by molar-refractivity contribution is -0.133. The van der Waals surface area contributed by atoms with Gasteiger partial charge in [-0.1, -0.05) is 56.0 Å². The Morgan fingerprint density at radius 1 is 1.17 bits per heavy atom. The molecular weight excluding hydrogens is 344 g/mol. The fourth-order valence-corrected chi connectivity index (χ4v) is 3.59. The normalized spacial score (nSPS) is 14.2. The number of nitrogens with one attached hydrogen (secondary N) is 1. The van der Waals surface area contributed by atoms with Crippen LogP contribution in [-0.4, -0.2) is 32.7 Å². The first kappa shape index (κ1) is 18.6. The molecule has 1 heterocycles. The van der Waals surface area contributed by atoms with E-state index in [1.807, 2.05) is 32.0 Å². The number of carbonyl (C=O) groups is 3. The molecule has 0 spiro atoms. The van der Waals surface area contributed by atoms with Gasteiger partial charge in [-0.25, -0.2) is 4.90 Å². The van der Waals surface area contributed by atoms with E-state index in [4.69, 9.17) is 12.2 Å². The zero-order valence-corrected chi connectivity index (χ0v) is 15.4. The second-order valence-electron chi connectivity index (χ2n) is 5.38. The Labute approximate surface area is 151 Å². The van der Waals surface area contributed by atoms with Crippen LogP contribution in [0.25, 0.3) is 0 Å². The molecule has 1 aromatic rings. The average molecular weight is 364 g/mol. The number of hydrogen-bond donors (Lipinski definition) is 1. The molecule has 0 aliphatic carbocycles. The standard InChI is InChI=1S/C17H20N2O3S2/c1-3-11-6-5-7-12(4-2)16(11)18-13(20)10-24-17(23)19-14(21)8-9-15(19)22/h5-7H,3-4,8-10H2,1-2H3,(H,18,20). The summed E-state index contributed by atoms with van der Waals surface area (Å²) in [6.45, 7) is 4.08. The van der Waals surface area contributed by atoms with Crippen LogP contribution in [0.5, 0.6) is 0 Å². The minimum atomic E-state index is -0.289. The van der Waals surface area contributed by atoms with E-state index in [-0.39, 0.29) is 40.6 Å². The van der Waals surface area contributed by atoms with Gasteiger partial charge in [0.05, 0.1) is 5.75 Å². The van der Waals surface area contributed by atoms with Gasteiger partial charge in [-0.3, -0.25) is 14.4 Å². The Kier molecular flexibility index (Phi) is 6.51. The van der Waals surface area contributed by atoms with Gasteiger partial charge in [-0.2, -0.15) is 0 Å². The van der Waals surface area contributed by atoms with Gasteiger partial charge >= 0.3 is 0 Å². The minimum absolute atomic E-state index is 0.0666. The molecule has 1 aliphatic heterocycles. The molecule has 0 bridgehead atoms. The molecule has 24 heavy (non-hydrogen) atoms. The van der Waals surface area contributed by atoms with Crippen molar-refractivity contribution in [3.63, 3.8) is 0 Å². The number of imide groups is 1. The summed E-state index contributed by atoms with van der Waals surface area (Å²) < 4.78 is 0.150. The Morgan fingerprint density at radius 2 is 1.71 bits per heavy atom. The fourth-order valence-electron chi connectivity index (χ4n) is 2.55. The summed E-state index contributed by atoms with van der Waals surface area (Å²) >= 11 is 6.15. The number of nitrogens with zero attached hydrogens (tertiary/aromatic N) is 1. The smallest absolute Gasteiger partial charge is 0.235 e. The van der Waals surface area contributed by atoms with E-state index in [0.29, 0.717) is 0 Å². The number of anilines is 1. The third-order valence-corrected chi connectivity index (χ3v) is 5.20. The molecule has 1 aromatic carbocycles. The lowest BCUT2D eigenvalue weighted by atomic mass is 10.0. The van der Waals surface area contributed by atoms with Crippen molar-refractivity contribution < 1.29 is 14.4 Å². The quantitative estimate of drug-likeness (QED) is 0.643. The summed E-state index contributed by atoms with van der Waals surface area (Å²) in [5.41, 5.74) is 3.02. The van der Waals surface area contributed by atoms with Crippen LogP contribution in [0.1, 0.15) is 37.8 Å². The Hall–Kier alpha value is -1.73. The van der Waals surface area contributed by atoms with Crippen molar-refractivity contribution in [3.8, 4) is 0 Å². The van der Waals surface area contributed by atoms with Crippen molar-refractivity contribution in [3.05, 3.63) is 29.3 Å². The van der Waals surface area contributed by atoms with Gasteiger partial charge in [0.15, 0.2) is 0 Å². The van der Waals surface area contributed by atoms with E-state index < -0.39 is 0 Å².